The van der Waals surface area contributed by atoms with Crippen LogP contribution in [0.4, 0.5) is 4.79 Å². The van der Waals surface area contributed by atoms with Crippen molar-refractivity contribution in [3.8, 4) is 0 Å². The molecule has 0 radical (unpaired) electrons. The molecule has 7 heteroatoms. The fourth-order valence-electron chi connectivity index (χ4n) is 1.68. The topological polar surface area (TPSA) is 113 Å². The van der Waals surface area contributed by atoms with Crippen LogP contribution in [-0.2, 0) is 9.59 Å². The van der Waals surface area contributed by atoms with Crippen LogP contribution in [0.5, 0.6) is 0 Å². The Morgan fingerprint density at radius 2 is 1.88 bits per heavy atom. The number of aliphatic carboxylic acids is 1. The summed E-state index contributed by atoms with van der Waals surface area (Å²) in [6, 6.07) is -1.45. The SMILES string of the molecule is CC(C)C(NC(N)=O)C(=O)N1CC(C(=O)O)C1. The highest BCUT2D eigenvalue weighted by Gasteiger charge is 2.39. The zero-order valence-corrected chi connectivity index (χ0v) is 9.84. The molecule has 0 aliphatic carbocycles. The van der Waals surface area contributed by atoms with E-state index >= 15 is 0 Å². The number of nitrogens with zero attached hydrogens (tertiary/aromatic N) is 1. The molecule has 1 atom stereocenters. The Hall–Kier alpha value is -1.79. The van der Waals surface area contributed by atoms with Gasteiger partial charge in [0.2, 0.25) is 5.91 Å². The minimum Gasteiger partial charge on any atom is -0.481 e. The van der Waals surface area contributed by atoms with Gasteiger partial charge in [0, 0.05) is 13.1 Å². The smallest absolute Gasteiger partial charge is 0.312 e. The van der Waals surface area contributed by atoms with Crippen LogP contribution in [0, 0.1) is 11.8 Å². The number of carboxylic acids is 1. The van der Waals surface area contributed by atoms with Crippen LogP contribution in [0.1, 0.15) is 13.8 Å². The van der Waals surface area contributed by atoms with E-state index < -0.39 is 24.0 Å². The lowest BCUT2D eigenvalue weighted by molar-refractivity contribution is -0.154. The van der Waals surface area contributed by atoms with Gasteiger partial charge in [0.1, 0.15) is 6.04 Å². The molecule has 4 N–H and O–H groups in total. The highest BCUT2D eigenvalue weighted by molar-refractivity contribution is 5.88. The number of carbonyl (C=O) groups is 3. The third kappa shape index (κ3) is 3.08. The average molecular weight is 243 g/mol. The molecular formula is C10H17N3O4. The number of nitrogens with two attached hydrogens (primary N) is 1. The second kappa shape index (κ2) is 5.03. The maximum absolute atomic E-state index is 11.9. The Bertz CT molecular complexity index is 336. The number of likely N-dealkylation sites (tertiary alicyclic amines) is 1. The Labute approximate surface area is 98.9 Å². The van der Waals surface area contributed by atoms with Crippen molar-refractivity contribution in [2.45, 2.75) is 19.9 Å². The number of primary amides is 1. The van der Waals surface area contributed by atoms with Crippen LogP contribution in [0.2, 0.25) is 0 Å². The minimum absolute atomic E-state index is 0.0983. The summed E-state index contributed by atoms with van der Waals surface area (Å²) in [4.78, 5) is 34.7. The van der Waals surface area contributed by atoms with Crippen LogP contribution < -0.4 is 11.1 Å². The molecule has 96 valence electrons. The maximum atomic E-state index is 11.9. The first kappa shape index (κ1) is 13.3. The predicted molar refractivity (Wildman–Crippen MR) is 59.1 cm³/mol. The number of carboxylic acid groups (broad SMARTS) is 1. The number of hydrogen-bond donors (Lipinski definition) is 3. The van der Waals surface area contributed by atoms with Crippen molar-refractivity contribution in [1.29, 1.82) is 0 Å². The van der Waals surface area contributed by atoms with E-state index in [4.69, 9.17) is 10.8 Å². The Morgan fingerprint density at radius 1 is 1.35 bits per heavy atom. The van der Waals surface area contributed by atoms with Crippen LogP contribution in [0.15, 0.2) is 0 Å². The van der Waals surface area contributed by atoms with E-state index in [-0.39, 0.29) is 24.9 Å². The Kier molecular flexibility index (Phi) is 3.93. The molecule has 17 heavy (non-hydrogen) atoms. The highest BCUT2D eigenvalue weighted by atomic mass is 16.4. The monoisotopic (exact) mass is 243 g/mol. The molecule has 0 bridgehead atoms. The lowest BCUT2D eigenvalue weighted by Crippen LogP contribution is -2.60. The van der Waals surface area contributed by atoms with Crippen molar-refractivity contribution in [1.82, 2.24) is 10.2 Å². The van der Waals surface area contributed by atoms with Crippen molar-refractivity contribution in [3.63, 3.8) is 0 Å². The Balaban J connectivity index is 2.56. The average Bonchev–Trinajstić information content (AvgIpc) is 2.09. The fourth-order valence-corrected chi connectivity index (χ4v) is 1.68. The molecule has 0 aromatic carbocycles. The van der Waals surface area contributed by atoms with Crippen molar-refractivity contribution >= 4 is 17.9 Å². The van der Waals surface area contributed by atoms with Crippen molar-refractivity contribution in [3.05, 3.63) is 0 Å². The van der Waals surface area contributed by atoms with Gasteiger partial charge in [-0.3, -0.25) is 9.59 Å². The molecule has 1 saturated heterocycles. The Morgan fingerprint density at radius 3 is 2.24 bits per heavy atom. The summed E-state index contributed by atoms with van der Waals surface area (Å²) in [5.41, 5.74) is 4.99. The molecule has 0 saturated carbocycles. The summed E-state index contributed by atoms with van der Waals surface area (Å²) in [6.45, 7) is 3.95. The summed E-state index contributed by atoms with van der Waals surface area (Å²) < 4.78 is 0. The first-order valence-corrected chi connectivity index (χ1v) is 5.40. The number of hydrogen-bond acceptors (Lipinski definition) is 3. The van der Waals surface area contributed by atoms with Gasteiger partial charge in [-0.2, -0.15) is 0 Å². The third-order valence-electron chi connectivity index (χ3n) is 2.77. The van der Waals surface area contributed by atoms with Gasteiger partial charge in [-0.05, 0) is 5.92 Å². The number of urea groups is 1. The molecular weight excluding hydrogens is 226 g/mol. The van der Waals surface area contributed by atoms with E-state index in [2.05, 4.69) is 5.32 Å². The number of rotatable bonds is 4. The molecule has 1 aliphatic rings. The van der Waals surface area contributed by atoms with Gasteiger partial charge in [0.15, 0.2) is 0 Å². The zero-order valence-electron chi connectivity index (χ0n) is 9.84. The minimum atomic E-state index is -0.905. The van der Waals surface area contributed by atoms with E-state index in [0.29, 0.717) is 0 Å². The molecule has 1 rings (SSSR count). The van der Waals surface area contributed by atoms with Gasteiger partial charge in [0.25, 0.3) is 0 Å². The number of nitrogens with one attached hydrogen (secondary N) is 1. The summed E-state index contributed by atoms with van der Waals surface area (Å²) in [6.07, 6.45) is 0. The molecule has 0 spiro atoms. The van der Waals surface area contributed by atoms with Gasteiger partial charge in [0.05, 0.1) is 5.92 Å². The first-order valence-electron chi connectivity index (χ1n) is 5.40. The van der Waals surface area contributed by atoms with Crippen molar-refractivity contribution < 1.29 is 19.5 Å². The van der Waals surface area contributed by atoms with Gasteiger partial charge in [-0.25, -0.2) is 4.79 Å². The van der Waals surface area contributed by atoms with Gasteiger partial charge in [-0.1, -0.05) is 13.8 Å². The second-order valence-electron chi connectivity index (χ2n) is 4.51. The van der Waals surface area contributed by atoms with Gasteiger partial charge < -0.3 is 21.1 Å². The van der Waals surface area contributed by atoms with Crippen molar-refractivity contribution in [2.75, 3.05) is 13.1 Å². The fraction of sp³-hybridized carbons (Fsp3) is 0.700. The van der Waals surface area contributed by atoms with Crippen LogP contribution in [0.25, 0.3) is 0 Å². The molecule has 1 heterocycles. The molecule has 3 amide bonds. The molecule has 1 aliphatic heterocycles. The molecule has 7 nitrogen and oxygen atoms in total. The number of amides is 3. The van der Waals surface area contributed by atoms with Crippen LogP contribution >= 0.6 is 0 Å². The molecule has 0 aromatic heterocycles. The first-order chi connectivity index (χ1) is 7.82. The quantitative estimate of drug-likeness (QED) is 0.601. The largest absolute Gasteiger partial charge is 0.481 e. The third-order valence-corrected chi connectivity index (χ3v) is 2.77. The summed E-state index contributed by atoms with van der Waals surface area (Å²) in [7, 11) is 0. The molecule has 1 fully saturated rings. The van der Waals surface area contributed by atoms with Crippen molar-refractivity contribution in [2.24, 2.45) is 17.6 Å². The van der Waals surface area contributed by atoms with E-state index in [1.165, 1.54) is 4.90 Å². The lowest BCUT2D eigenvalue weighted by atomic mass is 9.96. The predicted octanol–water partition coefficient (Wildman–Crippen LogP) is -0.778. The molecule has 0 aromatic rings. The lowest BCUT2D eigenvalue weighted by Gasteiger charge is -2.39. The summed E-state index contributed by atoms with van der Waals surface area (Å²) in [5, 5.41) is 11.1. The van der Waals surface area contributed by atoms with E-state index in [1.54, 1.807) is 13.8 Å². The zero-order chi connectivity index (χ0) is 13.2. The van der Waals surface area contributed by atoms with Crippen LogP contribution in [0.3, 0.4) is 0 Å². The van der Waals surface area contributed by atoms with Gasteiger partial charge in [-0.15, -0.1) is 0 Å². The van der Waals surface area contributed by atoms with E-state index in [1.807, 2.05) is 0 Å². The standard InChI is InChI=1S/C10H17N3O4/c1-5(2)7(12-10(11)17)8(14)13-3-6(4-13)9(15)16/h5-7H,3-4H2,1-2H3,(H,15,16)(H3,11,12,17). The highest BCUT2D eigenvalue weighted by Crippen LogP contribution is 2.18. The summed E-state index contributed by atoms with van der Waals surface area (Å²) >= 11 is 0. The van der Waals surface area contributed by atoms with E-state index in [0.717, 1.165) is 0 Å². The van der Waals surface area contributed by atoms with E-state index in [9.17, 15) is 14.4 Å². The van der Waals surface area contributed by atoms with Crippen LogP contribution in [-0.4, -0.2) is 47.0 Å². The molecule has 1 unspecified atom stereocenters. The maximum Gasteiger partial charge on any atom is 0.312 e. The van der Waals surface area contributed by atoms with Gasteiger partial charge >= 0.3 is 12.0 Å². The number of carbonyl (C=O) groups excluding carboxylic acids is 2. The normalized spacial score (nSPS) is 17.5. The second-order valence-corrected chi connectivity index (χ2v) is 4.51. The summed E-state index contributed by atoms with van der Waals surface area (Å²) in [5.74, 6) is -1.78.